The highest BCUT2D eigenvalue weighted by Gasteiger charge is 2.32. The van der Waals surface area contributed by atoms with Crippen LogP contribution >= 0.6 is 0 Å². The molecule has 0 radical (unpaired) electrons. The van der Waals surface area contributed by atoms with E-state index in [0.29, 0.717) is 32.7 Å². The van der Waals surface area contributed by atoms with Crippen molar-refractivity contribution in [2.45, 2.75) is 25.4 Å². The van der Waals surface area contributed by atoms with Gasteiger partial charge >= 0.3 is 12.0 Å². The fraction of sp³-hybridized carbons (Fsp3) is 0.769. The van der Waals surface area contributed by atoms with E-state index in [2.05, 4.69) is 0 Å². The second-order valence-corrected chi connectivity index (χ2v) is 5.51. The molecule has 8 heteroatoms. The second-order valence-electron chi connectivity index (χ2n) is 5.51. The number of likely N-dealkylation sites (tertiary alicyclic amines) is 1. The number of amides is 3. The summed E-state index contributed by atoms with van der Waals surface area (Å²) >= 11 is 0. The first kappa shape index (κ1) is 15.6. The van der Waals surface area contributed by atoms with Crippen molar-refractivity contribution in [1.29, 1.82) is 0 Å². The first-order valence-electron chi connectivity index (χ1n) is 7.14. The number of rotatable bonds is 3. The molecule has 3 amide bonds. The van der Waals surface area contributed by atoms with Crippen molar-refractivity contribution >= 4 is 17.9 Å². The van der Waals surface area contributed by atoms with Crippen LogP contribution in [-0.4, -0.2) is 71.7 Å². The lowest BCUT2D eigenvalue weighted by molar-refractivity contribution is -0.141. The number of carboxylic acid groups (broad SMARTS) is 1. The molecule has 0 bridgehead atoms. The molecule has 2 saturated heterocycles. The van der Waals surface area contributed by atoms with E-state index >= 15 is 0 Å². The van der Waals surface area contributed by atoms with Crippen LogP contribution < -0.4 is 5.73 Å². The van der Waals surface area contributed by atoms with Gasteiger partial charge < -0.3 is 25.4 Å². The molecule has 0 aromatic heterocycles. The quantitative estimate of drug-likeness (QED) is 0.728. The highest BCUT2D eigenvalue weighted by molar-refractivity contribution is 5.79. The zero-order valence-corrected chi connectivity index (χ0v) is 11.9. The first-order chi connectivity index (χ1) is 9.97. The number of hydrogen-bond donors (Lipinski definition) is 2. The zero-order valence-electron chi connectivity index (χ0n) is 11.9. The molecule has 0 saturated carbocycles. The van der Waals surface area contributed by atoms with Crippen LogP contribution in [0.15, 0.2) is 0 Å². The van der Waals surface area contributed by atoms with Gasteiger partial charge in [0, 0.05) is 26.2 Å². The SMILES string of the molecule is NC(=O)C1CCCN(C(=O)N2CCOC(CC(=O)O)C2)C1. The van der Waals surface area contributed by atoms with E-state index in [9.17, 15) is 14.4 Å². The molecular weight excluding hydrogens is 278 g/mol. The number of urea groups is 1. The summed E-state index contributed by atoms with van der Waals surface area (Å²) in [6.07, 6.45) is 0.872. The standard InChI is InChI=1S/C13H21N3O5/c14-12(19)9-2-1-3-15(7-9)13(20)16-4-5-21-10(8-16)6-11(17)18/h9-10H,1-8H2,(H2,14,19)(H,17,18). The van der Waals surface area contributed by atoms with Gasteiger partial charge in [-0.2, -0.15) is 0 Å². The normalized spacial score (nSPS) is 26.5. The van der Waals surface area contributed by atoms with E-state index in [1.807, 2.05) is 0 Å². The van der Waals surface area contributed by atoms with Crippen LogP contribution in [0.3, 0.4) is 0 Å². The van der Waals surface area contributed by atoms with Crippen molar-refractivity contribution in [1.82, 2.24) is 9.80 Å². The summed E-state index contributed by atoms with van der Waals surface area (Å²) in [4.78, 5) is 37.7. The molecule has 0 aliphatic carbocycles. The minimum Gasteiger partial charge on any atom is -0.481 e. The van der Waals surface area contributed by atoms with Gasteiger partial charge in [0.15, 0.2) is 0 Å². The van der Waals surface area contributed by atoms with Gasteiger partial charge in [0.25, 0.3) is 0 Å². The molecule has 2 rings (SSSR count). The highest BCUT2D eigenvalue weighted by atomic mass is 16.5. The molecule has 0 spiro atoms. The Morgan fingerprint density at radius 1 is 1.19 bits per heavy atom. The predicted molar refractivity (Wildman–Crippen MR) is 72.5 cm³/mol. The Morgan fingerprint density at radius 2 is 1.90 bits per heavy atom. The number of piperidine rings is 1. The van der Waals surface area contributed by atoms with Crippen LogP contribution in [0.2, 0.25) is 0 Å². The number of carboxylic acids is 1. The molecule has 2 aliphatic rings. The van der Waals surface area contributed by atoms with Gasteiger partial charge in [-0.3, -0.25) is 9.59 Å². The molecule has 0 aromatic rings. The van der Waals surface area contributed by atoms with Crippen molar-refractivity contribution < 1.29 is 24.2 Å². The van der Waals surface area contributed by atoms with Crippen molar-refractivity contribution in [2.75, 3.05) is 32.8 Å². The highest BCUT2D eigenvalue weighted by Crippen LogP contribution is 2.19. The molecule has 2 heterocycles. The minimum absolute atomic E-state index is 0.117. The molecule has 2 fully saturated rings. The third-order valence-corrected chi connectivity index (χ3v) is 3.91. The largest absolute Gasteiger partial charge is 0.481 e. The van der Waals surface area contributed by atoms with Crippen molar-refractivity contribution in [3.05, 3.63) is 0 Å². The van der Waals surface area contributed by atoms with Gasteiger partial charge in [-0.05, 0) is 12.8 Å². The molecular formula is C13H21N3O5. The third-order valence-electron chi connectivity index (χ3n) is 3.91. The Hall–Kier alpha value is -1.83. The summed E-state index contributed by atoms with van der Waals surface area (Å²) in [5, 5.41) is 8.79. The summed E-state index contributed by atoms with van der Waals surface area (Å²) < 4.78 is 5.35. The van der Waals surface area contributed by atoms with Gasteiger partial charge in [0.2, 0.25) is 5.91 Å². The number of nitrogens with two attached hydrogens (primary N) is 1. The summed E-state index contributed by atoms with van der Waals surface area (Å²) in [5.74, 6) is -1.61. The number of carbonyl (C=O) groups is 3. The van der Waals surface area contributed by atoms with E-state index in [0.717, 1.165) is 6.42 Å². The molecule has 0 aromatic carbocycles. The lowest BCUT2D eigenvalue weighted by atomic mass is 9.98. The summed E-state index contributed by atoms with van der Waals surface area (Å²) in [6.45, 7) is 1.98. The van der Waals surface area contributed by atoms with Gasteiger partial charge in [-0.25, -0.2) is 4.79 Å². The van der Waals surface area contributed by atoms with Gasteiger partial charge in [-0.1, -0.05) is 0 Å². The summed E-state index contributed by atoms with van der Waals surface area (Å²) in [7, 11) is 0. The molecule has 2 unspecified atom stereocenters. The van der Waals surface area contributed by atoms with Gasteiger partial charge in [0.05, 0.1) is 25.0 Å². The maximum absolute atomic E-state index is 12.4. The van der Waals surface area contributed by atoms with E-state index < -0.39 is 12.1 Å². The Morgan fingerprint density at radius 3 is 2.57 bits per heavy atom. The van der Waals surface area contributed by atoms with Crippen LogP contribution in [0.1, 0.15) is 19.3 Å². The third kappa shape index (κ3) is 4.07. The molecule has 118 valence electrons. The van der Waals surface area contributed by atoms with Crippen molar-refractivity contribution in [3.63, 3.8) is 0 Å². The molecule has 3 N–H and O–H groups in total. The number of hydrogen-bond acceptors (Lipinski definition) is 4. The van der Waals surface area contributed by atoms with Crippen molar-refractivity contribution in [2.24, 2.45) is 11.7 Å². The van der Waals surface area contributed by atoms with E-state index in [1.165, 1.54) is 0 Å². The maximum atomic E-state index is 12.4. The number of primary amides is 1. The Kier molecular flexibility index (Phi) is 5.00. The first-order valence-corrected chi connectivity index (χ1v) is 7.14. The van der Waals surface area contributed by atoms with Crippen molar-refractivity contribution in [3.8, 4) is 0 Å². The number of morpholine rings is 1. The van der Waals surface area contributed by atoms with Crippen LogP contribution in [0, 0.1) is 5.92 Å². The molecule has 21 heavy (non-hydrogen) atoms. The molecule has 8 nitrogen and oxygen atoms in total. The lowest BCUT2D eigenvalue weighted by Crippen LogP contribution is -2.54. The van der Waals surface area contributed by atoms with E-state index in [4.69, 9.17) is 15.6 Å². The topological polar surface area (TPSA) is 113 Å². The Labute approximate surface area is 122 Å². The van der Waals surface area contributed by atoms with E-state index in [1.54, 1.807) is 9.80 Å². The van der Waals surface area contributed by atoms with Crippen LogP contribution in [-0.2, 0) is 14.3 Å². The lowest BCUT2D eigenvalue weighted by Gasteiger charge is -2.38. The van der Waals surface area contributed by atoms with Crippen LogP contribution in [0.5, 0.6) is 0 Å². The Balaban J connectivity index is 1.92. The fourth-order valence-electron chi connectivity index (χ4n) is 2.79. The Bertz CT molecular complexity index is 428. The number of nitrogens with zero attached hydrogens (tertiary/aromatic N) is 2. The number of ether oxygens (including phenoxy) is 1. The number of carbonyl (C=O) groups excluding carboxylic acids is 2. The monoisotopic (exact) mass is 299 g/mol. The minimum atomic E-state index is -0.943. The van der Waals surface area contributed by atoms with Crippen LogP contribution in [0.4, 0.5) is 4.79 Å². The predicted octanol–water partition coefficient (Wildman–Crippen LogP) is -0.521. The van der Waals surface area contributed by atoms with Gasteiger partial charge in [0.1, 0.15) is 0 Å². The van der Waals surface area contributed by atoms with Gasteiger partial charge in [-0.15, -0.1) is 0 Å². The zero-order chi connectivity index (χ0) is 15.4. The molecule has 2 atom stereocenters. The summed E-state index contributed by atoms with van der Waals surface area (Å²) in [5.41, 5.74) is 5.31. The summed E-state index contributed by atoms with van der Waals surface area (Å²) in [6, 6.07) is -0.167. The number of aliphatic carboxylic acids is 1. The van der Waals surface area contributed by atoms with E-state index in [-0.39, 0.29) is 30.8 Å². The average Bonchev–Trinajstić information content (AvgIpc) is 2.46. The molecule has 2 aliphatic heterocycles. The second kappa shape index (κ2) is 6.75. The average molecular weight is 299 g/mol. The van der Waals surface area contributed by atoms with Crippen LogP contribution in [0.25, 0.3) is 0 Å². The fourth-order valence-corrected chi connectivity index (χ4v) is 2.79. The maximum Gasteiger partial charge on any atom is 0.320 e. The smallest absolute Gasteiger partial charge is 0.320 e.